The van der Waals surface area contributed by atoms with Crippen LogP contribution in [0.3, 0.4) is 0 Å². The lowest BCUT2D eigenvalue weighted by molar-refractivity contribution is -0.145. The molecule has 0 amide bonds. The number of likely N-dealkylation sites (N-methyl/N-ethyl adjacent to an activating group) is 3. The molecule has 0 radical (unpaired) electrons. The molecule has 0 bridgehead atoms. The summed E-state index contributed by atoms with van der Waals surface area (Å²) in [4.78, 5) is 46.8. The molecule has 4 heterocycles. The van der Waals surface area contributed by atoms with Gasteiger partial charge in [-0.25, -0.2) is 25.3 Å². The van der Waals surface area contributed by atoms with E-state index in [0.29, 0.717) is 55.7 Å². The Hall–Kier alpha value is -8.85. The maximum Gasteiger partial charge on any atom is 0.327 e. The van der Waals surface area contributed by atoms with E-state index in [0.717, 1.165) is 90.1 Å². The van der Waals surface area contributed by atoms with Crippen LogP contribution in [0.1, 0.15) is 36.5 Å². The van der Waals surface area contributed by atoms with Gasteiger partial charge in [0.15, 0.2) is 29.5 Å². The quantitative estimate of drug-likeness (QED) is 0.0391. The summed E-state index contributed by atoms with van der Waals surface area (Å²) in [6, 6.07) is 44.3. The van der Waals surface area contributed by atoms with E-state index in [4.69, 9.17) is 14.2 Å². The maximum absolute atomic E-state index is 12.2. The highest BCUT2D eigenvalue weighted by atomic mass is 32.2. The van der Waals surface area contributed by atoms with Crippen LogP contribution in [0.5, 0.6) is 0 Å². The Morgan fingerprint density at radius 1 is 0.432 bits per heavy atom. The number of carbonyl (C=O) groups is 3. The molecule has 0 fully saturated rings. The van der Waals surface area contributed by atoms with Crippen LogP contribution in [0.15, 0.2) is 160 Å². The van der Waals surface area contributed by atoms with Crippen molar-refractivity contribution in [1.29, 1.82) is 0 Å². The highest BCUT2D eigenvalue weighted by molar-refractivity contribution is 7.91. The lowest BCUT2D eigenvalue weighted by Crippen LogP contribution is -2.22. The average Bonchev–Trinajstić information content (AvgIpc) is 1.82. The number of benzene rings is 5. The van der Waals surface area contributed by atoms with Crippen molar-refractivity contribution < 1.29 is 53.8 Å². The van der Waals surface area contributed by atoms with E-state index in [1.165, 1.54) is 12.5 Å². The van der Waals surface area contributed by atoms with Crippen LogP contribution in [0.25, 0.3) is 67.4 Å². The van der Waals surface area contributed by atoms with Gasteiger partial charge in [-0.3, -0.25) is 28.4 Å². The fourth-order valence-corrected chi connectivity index (χ4v) is 12.5. The Morgan fingerprint density at radius 2 is 0.811 bits per heavy atom. The molecular formula is C70H86N10O12S3. The van der Waals surface area contributed by atoms with Gasteiger partial charge in [0, 0.05) is 37.8 Å². The monoisotopic (exact) mass is 1350 g/mol. The lowest BCUT2D eigenvalue weighted by atomic mass is 10.0. The Bertz CT molecular complexity index is 4450. The van der Waals surface area contributed by atoms with Crippen LogP contribution < -0.4 is 0 Å². The molecule has 25 heteroatoms. The minimum absolute atomic E-state index is 0.00831. The summed E-state index contributed by atoms with van der Waals surface area (Å²) in [5.74, 6) is -0.950. The molecule has 0 aliphatic rings. The number of hydrogen-bond acceptors (Lipinski definition) is 18. The van der Waals surface area contributed by atoms with Crippen molar-refractivity contribution in [3.05, 3.63) is 168 Å². The first-order valence-electron chi connectivity index (χ1n) is 30.8. The fraction of sp³-hybridized carbons (Fsp3) is 0.343. The summed E-state index contributed by atoms with van der Waals surface area (Å²) in [6.07, 6.45) is 3.07. The standard InChI is InChI=1S/C24H29N3O4S.C23H30N4O4S.C23H27N3O4S/c1-5-32(29,30)22-8-6-7-21(16-22)19-9-11-20(12-10-19)23-15-18(2)25-27(23)17-24(28)31-14-13-26(3)4;1-6-17-7-8-18(14-22(17)32(5,29)30)19-9-10-20(24-19)21-13-16(2)25-27(21)15-23(28)31-12-11-26(3)4;1-17-14-22(26(24-17)16-23(27)30-13-12-25(2)3)19-10-8-18(9-11-19)20-6-5-7-21(15-20)31(4,28)29/h6-12,15-16H,5,13-14,17H2,1-4H3;7-10,13-14,24H,6,11-12,15H2,1-5H3;5-11,14-15H,12-13,16H2,1-4H3. The first-order valence-corrected chi connectivity index (χ1v) is 36.3. The number of rotatable bonds is 26. The van der Waals surface area contributed by atoms with Crippen molar-refractivity contribution in [3.63, 3.8) is 0 Å². The number of hydrogen-bond donors (Lipinski definition) is 1. The molecular weight excluding hydrogens is 1270 g/mol. The summed E-state index contributed by atoms with van der Waals surface area (Å²) in [6.45, 7) is 12.3. The third-order valence-corrected chi connectivity index (χ3v) is 19.0. The first kappa shape index (κ1) is 73.6. The van der Waals surface area contributed by atoms with Gasteiger partial charge in [-0.05, 0) is 175 Å². The smallest absolute Gasteiger partial charge is 0.327 e. The molecule has 0 saturated heterocycles. The molecule has 0 saturated carbocycles. The van der Waals surface area contributed by atoms with Crippen LogP contribution in [0, 0.1) is 20.8 Å². The van der Waals surface area contributed by atoms with Crippen molar-refractivity contribution in [1.82, 2.24) is 49.0 Å². The van der Waals surface area contributed by atoms with Gasteiger partial charge < -0.3 is 33.9 Å². The summed E-state index contributed by atoms with van der Waals surface area (Å²) in [7, 11) is 1.65. The number of aromatic nitrogens is 7. The number of aryl methyl sites for hydroxylation is 4. The van der Waals surface area contributed by atoms with Crippen LogP contribution in [-0.2, 0) is 84.2 Å². The predicted molar refractivity (Wildman–Crippen MR) is 370 cm³/mol. The van der Waals surface area contributed by atoms with Crippen LogP contribution in [-0.4, -0.2) is 192 Å². The molecule has 0 aliphatic carbocycles. The molecule has 0 unspecified atom stereocenters. The number of ether oxygens (including phenoxy) is 3. The third-order valence-electron chi connectivity index (χ3n) is 14.9. The Labute approximate surface area is 558 Å². The van der Waals surface area contributed by atoms with E-state index < -0.39 is 29.5 Å². The second-order valence-corrected chi connectivity index (χ2v) is 30.0. The fourth-order valence-electron chi connectivity index (χ4n) is 9.89. The topological polar surface area (TPSA) is 260 Å². The van der Waals surface area contributed by atoms with Crippen molar-refractivity contribution in [2.24, 2.45) is 0 Å². The molecule has 506 valence electrons. The summed E-state index contributed by atoms with van der Waals surface area (Å²) in [5.41, 5.74) is 13.2. The highest BCUT2D eigenvalue weighted by Crippen LogP contribution is 2.32. The Morgan fingerprint density at radius 3 is 1.21 bits per heavy atom. The van der Waals surface area contributed by atoms with Gasteiger partial charge in [-0.1, -0.05) is 98.8 Å². The number of carbonyl (C=O) groups excluding carboxylic acids is 3. The summed E-state index contributed by atoms with van der Waals surface area (Å²) in [5, 5.41) is 13.3. The number of nitrogens with one attached hydrogen (secondary N) is 1. The first-order chi connectivity index (χ1) is 44.9. The van der Waals surface area contributed by atoms with Gasteiger partial charge in [-0.2, -0.15) is 15.3 Å². The van der Waals surface area contributed by atoms with E-state index in [-0.39, 0.29) is 48.2 Å². The van der Waals surface area contributed by atoms with Gasteiger partial charge in [0.1, 0.15) is 39.5 Å². The molecule has 4 aromatic heterocycles. The largest absolute Gasteiger partial charge is 0.463 e. The molecule has 9 rings (SSSR count). The van der Waals surface area contributed by atoms with Crippen LogP contribution >= 0.6 is 0 Å². The van der Waals surface area contributed by atoms with E-state index in [1.807, 2.05) is 188 Å². The Balaban J connectivity index is 0.000000201. The predicted octanol–water partition coefficient (Wildman–Crippen LogP) is 9.38. The molecule has 9 aromatic rings. The van der Waals surface area contributed by atoms with Gasteiger partial charge in [0.25, 0.3) is 0 Å². The third kappa shape index (κ3) is 21.3. The number of sulfone groups is 3. The van der Waals surface area contributed by atoms with E-state index in [2.05, 4.69) is 20.3 Å². The molecule has 1 N–H and O–H groups in total. The van der Waals surface area contributed by atoms with Gasteiger partial charge in [-0.15, -0.1) is 0 Å². The van der Waals surface area contributed by atoms with E-state index >= 15 is 0 Å². The van der Waals surface area contributed by atoms with Crippen molar-refractivity contribution in [2.45, 2.75) is 75.4 Å². The summed E-state index contributed by atoms with van der Waals surface area (Å²) < 4.78 is 93.3. The van der Waals surface area contributed by atoms with E-state index in [1.54, 1.807) is 63.4 Å². The summed E-state index contributed by atoms with van der Waals surface area (Å²) >= 11 is 0. The minimum atomic E-state index is -3.33. The zero-order chi connectivity index (χ0) is 69.4. The van der Waals surface area contributed by atoms with E-state index in [9.17, 15) is 39.6 Å². The van der Waals surface area contributed by atoms with Gasteiger partial charge in [0.2, 0.25) is 0 Å². The zero-order valence-electron chi connectivity index (χ0n) is 56.3. The number of aromatic amines is 1. The van der Waals surface area contributed by atoms with Crippen molar-refractivity contribution in [2.75, 3.05) is 100 Å². The Kier molecular flexibility index (Phi) is 25.6. The lowest BCUT2D eigenvalue weighted by Gasteiger charge is -2.11. The molecule has 0 atom stereocenters. The normalized spacial score (nSPS) is 11.7. The molecule has 0 spiro atoms. The van der Waals surface area contributed by atoms with Crippen molar-refractivity contribution >= 4 is 47.4 Å². The van der Waals surface area contributed by atoms with Gasteiger partial charge >= 0.3 is 17.9 Å². The maximum atomic E-state index is 12.2. The second kappa shape index (κ2) is 33.0. The number of esters is 3. The molecule has 22 nitrogen and oxygen atoms in total. The van der Waals surface area contributed by atoms with Crippen LogP contribution in [0.4, 0.5) is 0 Å². The number of nitrogens with zero attached hydrogens (tertiary/aromatic N) is 9. The van der Waals surface area contributed by atoms with Crippen molar-refractivity contribution in [3.8, 4) is 67.4 Å². The molecule has 5 aromatic carbocycles. The van der Waals surface area contributed by atoms with Gasteiger partial charge in [0.05, 0.1) is 60.3 Å². The molecule has 0 aliphatic heterocycles. The minimum Gasteiger partial charge on any atom is -0.463 e. The highest BCUT2D eigenvalue weighted by Gasteiger charge is 2.20. The average molecular weight is 1360 g/mol. The second-order valence-electron chi connectivity index (χ2n) is 23.7. The molecule has 95 heavy (non-hydrogen) atoms. The number of H-pyrrole nitrogens is 1. The van der Waals surface area contributed by atoms with Crippen LogP contribution in [0.2, 0.25) is 0 Å². The SMILES string of the molecule is CCS(=O)(=O)c1cccc(-c2ccc(-c3cc(C)nn3CC(=O)OCCN(C)C)cc2)c1.CCc1ccc(-c2ccc(-c3cc(C)nn3CC(=O)OCCN(C)C)[nH]2)cc1S(C)(=O)=O.Cc1cc(-c2ccc(-c3cccc(S(C)(=O)=O)c3)cc2)n(CC(=O)OCCN(C)C)n1. The zero-order valence-corrected chi connectivity index (χ0v) is 58.7.